The van der Waals surface area contributed by atoms with Gasteiger partial charge in [0.25, 0.3) is 0 Å². The van der Waals surface area contributed by atoms with Crippen molar-refractivity contribution in [3.63, 3.8) is 0 Å². The monoisotopic (exact) mass is 287 g/mol. The van der Waals surface area contributed by atoms with E-state index in [1.54, 1.807) is 0 Å². The van der Waals surface area contributed by atoms with Crippen LogP contribution in [0.2, 0.25) is 0 Å². The molecule has 1 atom stereocenters. The van der Waals surface area contributed by atoms with Gasteiger partial charge in [0.15, 0.2) is 0 Å². The Morgan fingerprint density at radius 3 is 2.20 bits per heavy atom. The first-order valence-electron chi connectivity index (χ1n) is 6.24. The number of hydrogen-bond acceptors (Lipinski definition) is 3. The SMILES string of the molecule is CC(C)(C)CC(O)CNc1c(F)cc(C(=O)O)cc1F. The molecule has 1 aromatic rings. The predicted octanol–water partition coefficient (Wildman–Crippen LogP) is 2.87. The number of carboxylic acids is 1. The maximum absolute atomic E-state index is 13.6. The van der Waals surface area contributed by atoms with E-state index >= 15 is 0 Å². The highest BCUT2D eigenvalue weighted by Crippen LogP contribution is 2.23. The summed E-state index contributed by atoms with van der Waals surface area (Å²) in [5.41, 5.74) is -0.991. The summed E-state index contributed by atoms with van der Waals surface area (Å²) >= 11 is 0. The van der Waals surface area contributed by atoms with Crippen LogP contribution in [0, 0.1) is 17.0 Å². The fourth-order valence-corrected chi connectivity index (χ4v) is 1.86. The lowest BCUT2D eigenvalue weighted by Gasteiger charge is -2.23. The lowest BCUT2D eigenvalue weighted by molar-refractivity contribution is 0.0695. The maximum atomic E-state index is 13.6. The van der Waals surface area contributed by atoms with Crippen molar-refractivity contribution in [1.29, 1.82) is 0 Å². The molecule has 4 nitrogen and oxygen atoms in total. The van der Waals surface area contributed by atoms with Gasteiger partial charge < -0.3 is 15.5 Å². The average Bonchev–Trinajstić information content (AvgIpc) is 2.24. The minimum absolute atomic E-state index is 0.0163. The van der Waals surface area contributed by atoms with Crippen LogP contribution in [0.15, 0.2) is 12.1 Å². The molecule has 0 saturated carbocycles. The first kappa shape index (κ1) is 16.4. The topological polar surface area (TPSA) is 69.6 Å². The van der Waals surface area contributed by atoms with Gasteiger partial charge in [0.1, 0.15) is 17.3 Å². The molecule has 0 radical (unpaired) electrons. The van der Waals surface area contributed by atoms with Crippen molar-refractivity contribution < 1.29 is 23.8 Å². The normalized spacial score (nSPS) is 13.1. The molecule has 1 rings (SSSR count). The van der Waals surface area contributed by atoms with Crippen molar-refractivity contribution >= 4 is 11.7 Å². The first-order valence-corrected chi connectivity index (χ1v) is 6.24. The van der Waals surface area contributed by atoms with Crippen LogP contribution in [0.25, 0.3) is 0 Å². The minimum atomic E-state index is -1.40. The molecule has 0 aliphatic rings. The van der Waals surface area contributed by atoms with Gasteiger partial charge in [-0.05, 0) is 24.0 Å². The molecular formula is C14H19F2NO3. The van der Waals surface area contributed by atoms with Crippen LogP contribution in [0.1, 0.15) is 37.6 Å². The largest absolute Gasteiger partial charge is 0.478 e. The molecule has 112 valence electrons. The standard InChI is InChI=1S/C14H19F2NO3/c1-14(2,3)6-9(18)7-17-12-10(15)4-8(13(19)20)5-11(12)16/h4-5,9,17-18H,6-7H2,1-3H3,(H,19,20). The number of halogens is 2. The number of carbonyl (C=O) groups is 1. The van der Waals surface area contributed by atoms with Crippen molar-refractivity contribution in [3.8, 4) is 0 Å². The van der Waals surface area contributed by atoms with E-state index in [4.69, 9.17) is 5.11 Å². The molecular weight excluding hydrogens is 268 g/mol. The number of carboxylic acid groups (broad SMARTS) is 1. The number of benzene rings is 1. The molecule has 0 amide bonds. The molecule has 1 unspecified atom stereocenters. The third-order valence-corrected chi connectivity index (χ3v) is 2.65. The van der Waals surface area contributed by atoms with Crippen LogP contribution in [-0.2, 0) is 0 Å². The molecule has 0 aromatic heterocycles. The third-order valence-electron chi connectivity index (χ3n) is 2.65. The minimum Gasteiger partial charge on any atom is -0.478 e. The van der Waals surface area contributed by atoms with E-state index < -0.39 is 35.0 Å². The fourth-order valence-electron chi connectivity index (χ4n) is 1.86. The Hall–Kier alpha value is -1.69. The van der Waals surface area contributed by atoms with E-state index in [0.717, 1.165) is 12.1 Å². The molecule has 0 saturated heterocycles. The molecule has 0 aliphatic heterocycles. The summed E-state index contributed by atoms with van der Waals surface area (Å²) in [7, 11) is 0. The number of anilines is 1. The second kappa shape index (κ2) is 6.17. The number of aromatic carboxylic acids is 1. The highest BCUT2D eigenvalue weighted by Gasteiger charge is 2.19. The second-order valence-corrected chi connectivity index (χ2v) is 5.92. The molecule has 1 aromatic carbocycles. The Morgan fingerprint density at radius 2 is 1.80 bits per heavy atom. The second-order valence-electron chi connectivity index (χ2n) is 5.92. The van der Waals surface area contributed by atoms with Crippen LogP contribution >= 0.6 is 0 Å². The number of nitrogens with one attached hydrogen (secondary N) is 1. The van der Waals surface area contributed by atoms with Crippen molar-refractivity contribution in [2.75, 3.05) is 11.9 Å². The van der Waals surface area contributed by atoms with Gasteiger partial charge >= 0.3 is 5.97 Å². The smallest absolute Gasteiger partial charge is 0.335 e. The zero-order valence-corrected chi connectivity index (χ0v) is 11.7. The van der Waals surface area contributed by atoms with Gasteiger partial charge in [0.05, 0.1) is 11.7 Å². The van der Waals surface area contributed by atoms with Gasteiger partial charge in [-0.3, -0.25) is 0 Å². The quantitative estimate of drug-likeness (QED) is 0.779. The number of hydrogen-bond donors (Lipinski definition) is 3. The van der Waals surface area contributed by atoms with Crippen molar-refractivity contribution in [2.45, 2.75) is 33.3 Å². The lowest BCUT2D eigenvalue weighted by Crippen LogP contribution is -2.25. The van der Waals surface area contributed by atoms with Gasteiger partial charge in [0.2, 0.25) is 0 Å². The summed E-state index contributed by atoms with van der Waals surface area (Å²) in [6.07, 6.45) is -0.288. The van der Waals surface area contributed by atoms with Gasteiger partial charge in [0, 0.05) is 6.54 Å². The van der Waals surface area contributed by atoms with E-state index in [2.05, 4.69) is 5.32 Å². The van der Waals surface area contributed by atoms with Crippen molar-refractivity contribution in [3.05, 3.63) is 29.3 Å². The van der Waals surface area contributed by atoms with E-state index in [0.29, 0.717) is 6.42 Å². The Balaban J connectivity index is 2.76. The van der Waals surface area contributed by atoms with Gasteiger partial charge in [-0.1, -0.05) is 20.8 Å². The summed E-state index contributed by atoms with van der Waals surface area (Å²) in [5.74, 6) is -3.39. The fraction of sp³-hybridized carbons (Fsp3) is 0.500. The Kier molecular flexibility index (Phi) is 5.05. The number of rotatable bonds is 5. The van der Waals surface area contributed by atoms with Crippen LogP contribution in [0.5, 0.6) is 0 Å². The van der Waals surface area contributed by atoms with E-state index in [9.17, 15) is 18.7 Å². The highest BCUT2D eigenvalue weighted by atomic mass is 19.1. The zero-order valence-electron chi connectivity index (χ0n) is 11.7. The Labute approximate surface area is 116 Å². The van der Waals surface area contributed by atoms with Crippen LogP contribution in [0.3, 0.4) is 0 Å². The molecule has 0 bridgehead atoms. The van der Waals surface area contributed by atoms with Crippen LogP contribution in [0.4, 0.5) is 14.5 Å². The number of aliphatic hydroxyl groups is 1. The van der Waals surface area contributed by atoms with Gasteiger partial charge in [-0.2, -0.15) is 0 Å². The summed E-state index contributed by atoms with van der Waals surface area (Å²) in [6.45, 7) is 5.81. The zero-order chi connectivity index (χ0) is 15.5. The molecule has 20 heavy (non-hydrogen) atoms. The van der Waals surface area contributed by atoms with Gasteiger partial charge in [-0.15, -0.1) is 0 Å². The summed E-state index contributed by atoms with van der Waals surface area (Å²) < 4.78 is 27.2. The van der Waals surface area contributed by atoms with Crippen molar-refractivity contribution in [2.24, 2.45) is 5.41 Å². The van der Waals surface area contributed by atoms with Crippen molar-refractivity contribution in [1.82, 2.24) is 0 Å². The average molecular weight is 287 g/mol. The van der Waals surface area contributed by atoms with Crippen LogP contribution < -0.4 is 5.32 Å². The molecule has 3 N–H and O–H groups in total. The summed E-state index contributed by atoms with van der Waals surface area (Å²) in [5, 5.41) is 20.9. The summed E-state index contributed by atoms with van der Waals surface area (Å²) in [6, 6.07) is 1.48. The first-order chi connectivity index (χ1) is 9.10. The maximum Gasteiger partial charge on any atom is 0.335 e. The Morgan fingerprint density at radius 1 is 1.30 bits per heavy atom. The highest BCUT2D eigenvalue weighted by molar-refractivity contribution is 5.88. The van der Waals surface area contributed by atoms with E-state index in [-0.39, 0.29) is 12.0 Å². The lowest BCUT2D eigenvalue weighted by atomic mass is 9.89. The molecule has 0 heterocycles. The molecule has 0 fully saturated rings. The number of aliphatic hydroxyl groups excluding tert-OH is 1. The van der Waals surface area contributed by atoms with Gasteiger partial charge in [-0.25, -0.2) is 13.6 Å². The Bertz CT molecular complexity index is 475. The van der Waals surface area contributed by atoms with E-state index in [1.165, 1.54) is 0 Å². The molecule has 6 heteroatoms. The summed E-state index contributed by atoms with van der Waals surface area (Å²) in [4.78, 5) is 10.6. The van der Waals surface area contributed by atoms with Crippen LogP contribution in [-0.4, -0.2) is 28.8 Å². The predicted molar refractivity (Wildman–Crippen MR) is 71.9 cm³/mol. The molecule has 0 aliphatic carbocycles. The molecule has 0 spiro atoms. The third kappa shape index (κ3) is 4.77. The van der Waals surface area contributed by atoms with E-state index in [1.807, 2.05) is 20.8 Å².